The fourth-order valence-electron chi connectivity index (χ4n) is 2.60. The highest BCUT2D eigenvalue weighted by Crippen LogP contribution is 2.33. The first kappa shape index (κ1) is 20.6. The van der Waals surface area contributed by atoms with Gasteiger partial charge in [-0.25, -0.2) is 9.69 Å². The predicted molar refractivity (Wildman–Crippen MR) is 102 cm³/mol. The molecule has 0 radical (unpaired) electrons. The second-order valence-corrected chi connectivity index (χ2v) is 8.60. The maximum atomic E-state index is 12.9. The van der Waals surface area contributed by atoms with Crippen molar-refractivity contribution >= 4 is 28.5 Å². The zero-order valence-corrected chi connectivity index (χ0v) is 17.3. The average Bonchev–Trinajstić information content (AvgIpc) is 3.16. The van der Waals surface area contributed by atoms with Crippen molar-refractivity contribution in [2.24, 2.45) is 0 Å². The fourth-order valence-corrected chi connectivity index (χ4v) is 3.54. The molecule has 1 aliphatic heterocycles. The summed E-state index contributed by atoms with van der Waals surface area (Å²) in [6.45, 7) is 11.3. The van der Waals surface area contributed by atoms with Crippen molar-refractivity contribution in [2.45, 2.75) is 78.4 Å². The van der Waals surface area contributed by atoms with Crippen molar-refractivity contribution in [3.63, 3.8) is 0 Å². The summed E-state index contributed by atoms with van der Waals surface area (Å²) in [5, 5.41) is 9.78. The summed E-state index contributed by atoms with van der Waals surface area (Å²) < 4.78 is 5.62. The molecular weight excluding hydrogens is 352 g/mol. The maximum Gasteiger partial charge on any atom is 0.329 e. The van der Waals surface area contributed by atoms with Crippen molar-refractivity contribution in [1.29, 1.82) is 0 Å². The Kier molecular flexibility index (Phi) is 6.97. The van der Waals surface area contributed by atoms with Crippen LogP contribution >= 0.6 is 11.3 Å². The Balaban J connectivity index is 2.20. The first-order valence-corrected chi connectivity index (χ1v) is 10.2. The zero-order chi connectivity index (χ0) is 19.3. The molecule has 0 aliphatic carbocycles. The summed E-state index contributed by atoms with van der Waals surface area (Å²) in [4.78, 5) is 28.2. The molecule has 7 nitrogen and oxygen atoms in total. The molecule has 2 rings (SSSR count). The van der Waals surface area contributed by atoms with Crippen LogP contribution in [0.15, 0.2) is 0 Å². The van der Waals surface area contributed by atoms with Crippen LogP contribution in [0.3, 0.4) is 0 Å². The van der Waals surface area contributed by atoms with Gasteiger partial charge < -0.3 is 9.64 Å². The van der Waals surface area contributed by atoms with Crippen LogP contribution in [0, 0.1) is 0 Å². The van der Waals surface area contributed by atoms with Crippen LogP contribution in [-0.2, 0) is 14.9 Å². The minimum atomic E-state index is -0.635. The van der Waals surface area contributed by atoms with Gasteiger partial charge in [0, 0.05) is 18.4 Å². The number of hydrogen-bond acceptors (Lipinski definition) is 6. The minimum absolute atomic E-state index is 0.145. The number of nitrogens with zero attached hydrogens (tertiary/aromatic N) is 4. The lowest BCUT2D eigenvalue weighted by molar-refractivity contribution is -0.148. The largest absolute Gasteiger partial charge is 0.439 e. The van der Waals surface area contributed by atoms with Gasteiger partial charge in [0.15, 0.2) is 0 Å². The predicted octanol–water partition coefficient (Wildman–Crippen LogP) is 3.94. The van der Waals surface area contributed by atoms with Crippen LogP contribution in [0.25, 0.3) is 0 Å². The van der Waals surface area contributed by atoms with Crippen molar-refractivity contribution in [2.75, 3.05) is 18.0 Å². The summed E-state index contributed by atoms with van der Waals surface area (Å²) in [5.74, 6) is -0.271. The van der Waals surface area contributed by atoms with E-state index in [1.807, 2.05) is 6.92 Å². The summed E-state index contributed by atoms with van der Waals surface area (Å²) in [6.07, 6.45) is 3.36. The van der Waals surface area contributed by atoms with E-state index in [0.717, 1.165) is 30.7 Å². The second kappa shape index (κ2) is 8.79. The summed E-state index contributed by atoms with van der Waals surface area (Å²) >= 11 is 1.38. The number of hydrogen-bond donors (Lipinski definition) is 0. The highest BCUT2D eigenvalue weighted by molar-refractivity contribution is 7.15. The van der Waals surface area contributed by atoms with E-state index in [1.54, 1.807) is 4.90 Å². The molecule has 1 fully saturated rings. The Morgan fingerprint density at radius 3 is 2.50 bits per heavy atom. The third-order valence-corrected chi connectivity index (χ3v) is 5.53. The van der Waals surface area contributed by atoms with E-state index in [-0.39, 0.29) is 17.4 Å². The lowest BCUT2D eigenvalue weighted by Gasteiger charge is -2.20. The Bertz CT molecular complexity index is 626. The second-order valence-electron chi connectivity index (χ2n) is 7.64. The zero-order valence-electron chi connectivity index (χ0n) is 16.4. The molecule has 1 unspecified atom stereocenters. The first-order chi connectivity index (χ1) is 12.3. The van der Waals surface area contributed by atoms with E-state index in [2.05, 4.69) is 37.9 Å². The molecule has 26 heavy (non-hydrogen) atoms. The third-order valence-electron chi connectivity index (χ3n) is 4.19. The molecule has 2 heterocycles. The van der Waals surface area contributed by atoms with Gasteiger partial charge in [0.1, 0.15) is 5.01 Å². The number of aromatic nitrogens is 2. The van der Waals surface area contributed by atoms with E-state index < -0.39 is 6.23 Å². The molecule has 2 amide bonds. The lowest BCUT2D eigenvalue weighted by Crippen LogP contribution is -2.37. The molecule has 1 atom stereocenters. The number of rotatable bonds is 8. The molecule has 8 heteroatoms. The molecule has 146 valence electrons. The molecule has 1 aliphatic rings. The quantitative estimate of drug-likeness (QED) is 0.637. The molecule has 0 N–H and O–H groups in total. The van der Waals surface area contributed by atoms with Crippen molar-refractivity contribution in [3.05, 3.63) is 5.01 Å². The molecular formula is C18H30N4O3S. The van der Waals surface area contributed by atoms with Gasteiger partial charge in [-0.15, -0.1) is 10.2 Å². The third kappa shape index (κ3) is 4.93. The monoisotopic (exact) mass is 382 g/mol. The highest BCUT2D eigenvalue weighted by atomic mass is 32.1. The Morgan fingerprint density at radius 2 is 1.92 bits per heavy atom. The number of unbranched alkanes of at least 4 members (excludes halogenated alkanes) is 2. The first-order valence-electron chi connectivity index (χ1n) is 9.39. The van der Waals surface area contributed by atoms with Crippen LogP contribution in [-0.4, -0.2) is 46.4 Å². The molecule has 1 aromatic heterocycles. The molecule has 1 aromatic rings. The molecule has 1 saturated heterocycles. The summed E-state index contributed by atoms with van der Waals surface area (Å²) in [7, 11) is 0. The van der Waals surface area contributed by atoms with Gasteiger partial charge >= 0.3 is 12.0 Å². The van der Waals surface area contributed by atoms with Gasteiger partial charge in [-0.2, -0.15) is 0 Å². The number of esters is 1. The van der Waals surface area contributed by atoms with E-state index >= 15 is 0 Å². The fraction of sp³-hybridized carbons (Fsp3) is 0.778. The van der Waals surface area contributed by atoms with E-state index in [9.17, 15) is 9.59 Å². The van der Waals surface area contributed by atoms with Crippen LogP contribution in [0.5, 0.6) is 0 Å². The SMILES string of the molecule is CCCCC(=O)OC1CN(CCCC)C(=O)N1c1nnc(C(C)(C)C)s1. The van der Waals surface area contributed by atoms with Crippen LogP contribution in [0.1, 0.15) is 71.7 Å². The number of ether oxygens (including phenoxy) is 1. The number of carbonyl (C=O) groups is 2. The van der Waals surface area contributed by atoms with E-state index in [1.165, 1.54) is 16.2 Å². The molecule has 0 bridgehead atoms. The smallest absolute Gasteiger partial charge is 0.329 e. The molecule has 0 saturated carbocycles. The van der Waals surface area contributed by atoms with Crippen molar-refractivity contribution in [3.8, 4) is 0 Å². The minimum Gasteiger partial charge on any atom is -0.439 e. The number of urea groups is 1. The Morgan fingerprint density at radius 1 is 1.23 bits per heavy atom. The number of amides is 2. The Labute approximate surface area is 159 Å². The van der Waals surface area contributed by atoms with Gasteiger partial charge in [-0.1, -0.05) is 58.8 Å². The number of carbonyl (C=O) groups excluding carboxylic acids is 2. The average molecular weight is 383 g/mol. The van der Waals surface area contributed by atoms with E-state index in [4.69, 9.17) is 4.74 Å². The lowest BCUT2D eigenvalue weighted by atomic mass is 9.98. The van der Waals surface area contributed by atoms with Crippen LogP contribution in [0.4, 0.5) is 9.93 Å². The van der Waals surface area contributed by atoms with Crippen LogP contribution in [0.2, 0.25) is 0 Å². The highest BCUT2D eigenvalue weighted by Gasteiger charge is 2.42. The normalized spacial score (nSPS) is 17.9. The van der Waals surface area contributed by atoms with Crippen molar-refractivity contribution in [1.82, 2.24) is 15.1 Å². The summed E-state index contributed by atoms with van der Waals surface area (Å²) in [6, 6.07) is -0.164. The Hall–Kier alpha value is -1.70. The van der Waals surface area contributed by atoms with Gasteiger partial charge in [0.25, 0.3) is 0 Å². The van der Waals surface area contributed by atoms with Gasteiger partial charge in [-0.3, -0.25) is 4.79 Å². The van der Waals surface area contributed by atoms with Gasteiger partial charge in [0.2, 0.25) is 11.4 Å². The van der Waals surface area contributed by atoms with Gasteiger partial charge in [0.05, 0.1) is 6.54 Å². The van der Waals surface area contributed by atoms with E-state index in [0.29, 0.717) is 24.6 Å². The maximum absolute atomic E-state index is 12.9. The van der Waals surface area contributed by atoms with Crippen molar-refractivity contribution < 1.29 is 14.3 Å². The van der Waals surface area contributed by atoms with Gasteiger partial charge in [-0.05, 0) is 12.8 Å². The molecule has 0 aromatic carbocycles. The number of anilines is 1. The standard InChI is InChI=1S/C18H30N4O3S/c1-6-8-10-14(23)25-13-12-21(11-9-7-2)17(24)22(13)16-20-19-15(26-16)18(3,4)5/h13H,6-12H2,1-5H3. The topological polar surface area (TPSA) is 75.6 Å². The van der Waals surface area contributed by atoms with Crippen LogP contribution < -0.4 is 4.90 Å². The summed E-state index contributed by atoms with van der Waals surface area (Å²) in [5.41, 5.74) is -0.145. The molecule has 0 spiro atoms.